The van der Waals surface area contributed by atoms with Crippen LogP contribution in [0.1, 0.15) is 10.4 Å². The molecule has 0 aliphatic heterocycles. The number of rotatable bonds is 3. The Kier molecular flexibility index (Phi) is 3.27. The monoisotopic (exact) mass is 246 g/mol. The van der Waals surface area contributed by atoms with Crippen LogP contribution in [0.25, 0.3) is 11.5 Å². The number of anilines is 1. The van der Waals surface area contributed by atoms with Crippen LogP contribution in [0, 0.1) is 0 Å². The van der Waals surface area contributed by atoms with Gasteiger partial charge in [0.15, 0.2) is 5.82 Å². The second kappa shape index (κ2) is 4.87. The fourth-order valence-corrected chi connectivity index (χ4v) is 1.57. The lowest BCUT2D eigenvalue weighted by molar-refractivity contribution is 0.0600. The number of hydrogen-bond donors (Lipinski definition) is 1. The predicted molar refractivity (Wildman–Crippen MR) is 67.5 cm³/mol. The highest BCUT2D eigenvalue weighted by Crippen LogP contribution is 2.20. The Morgan fingerprint density at radius 3 is 2.78 bits per heavy atom. The summed E-state index contributed by atoms with van der Waals surface area (Å²) in [4.78, 5) is 24.9. The van der Waals surface area contributed by atoms with Crippen LogP contribution in [0.2, 0.25) is 0 Å². The number of methoxy groups -OCH3 is 1. The molecule has 0 unspecified atom stereocenters. The summed E-state index contributed by atoms with van der Waals surface area (Å²) in [6.07, 6.45) is 3.27. The molecule has 0 aliphatic rings. The first-order valence-electron chi connectivity index (χ1n) is 5.40. The van der Waals surface area contributed by atoms with Gasteiger partial charge in [0.1, 0.15) is 11.4 Å². The van der Waals surface area contributed by atoms with Gasteiger partial charge in [-0.1, -0.05) is 0 Å². The maximum absolute atomic E-state index is 11.6. The molecule has 0 bridgehead atoms. The van der Waals surface area contributed by atoms with Crippen LogP contribution in [0.15, 0.2) is 24.5 Å². The number of aromatic nitrogens is 3. The third-order valence-corrected chi connectivity index (χ3v) is 2.44. The summed E-state index contributed by atoms with van der Waals surface area (Å²) in [5.41, 5.74) is 1.15. The van der Waals surface area contributed by atoms with Crippen molar-refractivity contribution >= 4 is 11.8 Å². The molecule has 0 atom stereocenters. The minimum atomic E-state index is -0.447. The van der Waals surface area contributed by atoms with Crippen molar-refractivity contribution in [3.8, 4) is 11.5 Å². The van der Waals surface area contributed by atoms with Crippen molar-refractivity contribution in [2.75, 3.05) is 26.1 Å². The SMILES string of the molecule is COC(=O)c1cnc(-c2ccc[nH]2)nc1N(C)C. The molecule has 0 radical (unpaired) electrons. The van der Waals surface area contributed by atoms with Gasteiger partial charge in [0.05, 0.1) is 12.8 Å². The largest absolute Gasteiger partial charge is 0.465 e. The van der Waals surface area contributed by atoms with E-state index >= 15 is 0 Å². The number of carbonyl (C=O) groups excluding carboxylic acids is 1. The minimum absolute atomic E-state index is 0.345. The van der Waals surface area contributed by atoms with Gasteiger partial charge in [-0.25, -0.2) is 14.8 Å². The second-order valence-electron chi connectivity index (χ2n) is 3.90. The molecule has 0 saturated heterocycles. The number of H-pyrrole nitrogens is 1. The molecule has 6 heteroatoms. The zero-order valence-electron chi connectivity index (χ0n) is 10.5. The highest BCUT2D eigenvalue weighted by Gasteiger charge is 2.17. The summed E-state index contributed by atoms with van der Waals surface area (Å²) in [6, 6.07) is 3.73. The molecule has 94 valence electrons. The molecular weight excluding hydrogens is 232 g/mol. The van der Waals surface area contributed by atoms with Crippen LogP contribution in [0.4, 0.5) is 5.82 Å². The van der Waals surface area contributed by atoms with E-state index in [4.69, 9.17) is 4.74 Å². The first kappa shape index (κ1) is 12.1. The van der Waals surface area contributed by atoms with Crippen molar-refractivity contribution in [2.45, 2.75) is 0 Å². The first-order chi connectivity index (χ1) is 8.63. The Balaban J connectivity index is 2.50. The quantitative estimate of drug-likeness (QED) is 0.827. The molecule has 2 rings (SSSR count). The number of nitrogens with zero attached hydrogens (tertiary/aromatic N) is 3. The molecule has 2 aromatic heterocycles. The maximum atomic E-state index is 11.6. The smallest absolute Gasteiger partial charge is 0.343 e. The van der Waals surface area contributed by atoms with E-state index in [2.05, 4.69) is 15.0 Å². The Bertz CT molecular complexity index is 549. The Hall–Kier alpha value is -2.37. The number of hydrogen-bond acceptors (Lipinski definition) is 5. The van der Waals surface area contributed by atoms with Crippen molar-refractivity contribution in [1.82, 2.24) is 15.0 Å². The van der Waals surface area contributed by atoms with Gasteiger partial charge < -0.3 is 14.6 Å². The molecule has 0 spiro atoms. The Morgan fingerprint density at radius 2 is 2.22 bits per heavy atom. The maximum Gasteiger partial charge on any atom is 0.343 e. The molecule has 0 saturated carbocycles. The molecule has 0 fully saturated rings. The van der Waals surface area contributed by atoms with Gasteiger partial charge in [0.25, 0.3) is 0 Å². The van der Waals surface area contributed by atoms with E-state index in [9.17, 15) is 4.79 Å². The predicted octanol–water partition coefficient (Wildman–Crippen LogP) is 1.32. The highest BCUT2D eigenvalue weighted by atomic mass is 16.5. The van der Waals surface area contributed by atoms with Gasteiger partial charge >= 0.3 is 5.97 Å². The second-order valence-corrected chi connectivity index (χ2v) is 3.90. The van der Waals surface area contributed by atoms with Crippen LogP contribution in [-0.4, -0.2) is 42.1 Å². The Morgan fingerprint density at radius 1 is 1.44 bits per heavy atom. The van der Waals surface area contributed by atoms with E-state index in [1.54, 1.807) is 11.1 Å². The zero-order valence-corrected chi connectivity index (χ0v) is 10.5. The van der Waals surface area contributed by atoms with E-state index in [1.165, 1.54) is 13.3 Å². The number of ether oxygens (including phenoxy) is 1. The van der Waals surface area contributed by atoms with E-state index in [-0.39, 0.29) is 0 Å². The molecule has 6 nitrogen and oxygen atoms in total. The van der Waals surface area contributed by atoms with Crippen molar-refractivity contribution in [2.24, 2.45) is 0 Å². The van der Waals surface area contributed by atoms with E-state index in [0.717, 1.165) is 5.69 Å². The average Bonchev–Trinajstić information content (AvgIpc) is 2.91. The molecule has 2 heterocycles. The third kappa shape index (κ3) is 2.17. The molecule has 2 aromatic rings. The molecule has 0 aliphatic carbocycles. The van der Waals surface area contributed by atoms with Crippen LogP contribution in [-0.2, 0) is 4.74 Å². The summed E-state index contributed by atoms with van der Waals surface area (Å²) < 4.78 is 4.70. The van der Waals surface area contributed by atoms with Crippen LogP contribution in [0.5, 0.6) is 0 Å². The number of carbonyl (C=O) groups is 1. The normalized spacial score (nSPS) is 10.2. The zero-order chi connectivity index (χ0) is 13.1. The number of nitrogens with one attached hydrogen (secondary N) is 1. The van der Waals surface area contributed by atoms with Gasteiger partial charge in [0.2, 0.25) is 0 Å². The summed E-state index contributed by atoms with van der Waals surface area (Å²) in [7, 11) is 4.96. The minimum Gasteiger partial charge on any atom is -0.465 e. The lowest BCUT2D eigenvalue weighted by Crippen LogP contribution is -2.17. The summed E-state index contributed by atoms with van der Waals surface area (Å²) in [5.74, 6) is 0.620. The van der Waals surface area contributed by atoms with E-state index in [0.29, 0.717) is 17.2 Å². The Labute approximate surface area is 105 Å². The number of esters is 1. The van der Waals surface area contributed by atoms with Crippen LogP contribution < -0.4 is 4.90 Å². The molecule has 18 heavy (non-hydrogen) atoms. The van der Waals surface area contributed by atoms with Gasteiger partial charge in [0, 0.05) is 26.5 Å². The summed E-state index contributed by atoms with van der Waals surface area (Å²) in [5, 5.41) is 0. The van der Waals surface area contributed by atoms with E-state index in [1.807, 2.05) is 26.2 Å². The first-order valence-corrected chi connectivity index (χ1v) is 5.40. The lowest BCUT2D eigenvalue weighted by atomic mass is 10.3. The third-order valence-electron chi connectivity index (χ3n) is 2.44. The molecule has 0 amide bonds. The van der Waals surface area contributed by atoms with Crippen LogP contribution >= 0.6 is 0 Å². The fourth-order valence-electron chi connectivity index (χ4n) is 1.57. The topological polar surface area (TPSA) is 71.1 Å². The fraction of sp³-hybridized carbons (Fsp3) is 0.250. The van der Waals surface area contributed by atoms with Crippen molar-refractivity contribution in [3.63, 3.8) is 0 Å². The van der Waals surface area contributed by atoms with Gasteiger partial charge in [-0.2, -0.15) is 0 Å². The van der Waals surface area contributed by atoms with Crippen molar-refractivity contribution < 1.29 is 9.53 Å². The van der Waals surface area contributed by atoms with Crippen molar-refractivity contribution in [1.29, 1.82) is 0 Å². The summed E-state index contributed by atoms with van der Waals surface area (Å²) in [6.45, 7) is 0. The van der Waals surface area contributed by atoms with Crippen LogP contribution in [0.3, 0.4) is 0 Å². The molecule has 1 N–H and O–H groups in total. The molecular formula is C12H14N4O2. The standard InChI is InChI=1S/C12H14N4O2/c1-16(2)11-8(12(17)18-3)7-14-10(15-11)9-5-4-6-13-9/h4-7,13H,1-3H3. The van der Waals surface area contributed by atoms with E-state index < -0.39 is 5.97 Å². The lowest BCUT2D eigenvalue weighted by Gasteiger charge is -2.15. The molecule has 0 aromatic carbocycles. The highest BCUT2D eigenvalue weighted by molar-refractivity contribution is 5.94. The van der Waals surface area contributed by atoms with Crippen molar-refractivity contribution in [3.05, 3.63) is 30.1 Å². The van der Waals surface area contributed by atoms with Gasteiger partial charge in [-0.3, -0.25) is 0 Å². The van der Waals surface area contributed by atoms with Gasteiger partial charge in [-0.05, 0) is 12.1 Å². The number of aromatic amines is 1. The van der Waals surface area contributed by atoms with Gasteiger partial charge in [-0.15, -0.1) is 0 Å². The summed E-state index contributed by atoms with van der Waals surface area (Å²) >= 11 is 0. The average molecular weight is 246 g/mol.